The van der Waals surface area contributed by atoms with Gasteiger partial charge in [-0.05, 0) is 31.9 Å². The minimum atomic E-state index is -0.0194. The second-order valence-corrected chi connectivity index (χ2v) is 5.40. The fraction of sp³-hybridized carbons (Fsp3) is 0.400. The molecule has 3 rings (SSSR count). The Morgan fingerprint density at radius 2 is 2.38 bits per heavy atom. The van der Waals surface area contributed by atoms with Gasteiger partial charge in [0.1, 0.15) is 5.82 Å². The van der Waals surface area contributed by atoms with Crippen molar-refractivity contribution in [3.8, 4) is 0 Å². The van der Waals surface area contributed by atoms with E-state index in [4.69, 9.17) is 5.73 Å². The van der Waals surface area contributed by atoms with Crippen molar-refractivity contribution in [1.82, 2.24) is 19.7 Å². The molecule has 1 aliphatic heterocycles. The second-order valence-electron chi connectivity index (χ2n) is 5.40. The summed E-state index contributed by atoms with van der Waals surface area (Å²) in [6.07, 6.45) is 5.03. The predicted octanol–water partition coefficient (Wildman–Crippen LogP) is 1.67. The molecule has 1 aliphatic rings. The van der Waals surface area contributed by atoms with Crippen molar-refractivity contribution < 1.29 is 4.79 Å². The number of nitrogens with zero attached hydrogens (tertiary/aromatic N) is 4. The largest absolute Gasteiger partial charge is 0.383 e. The number of piperidine rings is 1. The SMILES string of the molecule is C=CC(=O)N1CCC[C@@H](n2nc(C)c3c(N)nccc32)C1. The summed E-state index contributed by atoms with van der Waals surface area (Å²) in [4.78, 5) is 17.8. The molecule has 1 fully saturated rings. The van der Waals surface area contributed by atoms with E-state index >= 15 is 0 Å². The summed E-state index contributed by atoms with van der Waals surface area (Å²) < 4.78 is 1.99. The lowest BCUT2D eigenvalue weighted by molar-refractivity contribution is -0.127. The topological polar surface area (TPSA) is 77.0 Å². The third-order valence-corrected chi connectivity index (χ3v) is 4.05. The molecule has 21 heavy (non-hydrogen) atoms. The number of pyridine rings is 1. The van der Waals surface area contributed by atoms with Crippen LogP contribution in [0, 0.1) is 6.92 Å². The van der Waals surface area contributed by atoms with Gasteiger partial charge >= 0.3 is 0 Å². The molecule has 1 saturated heterocycles. The number of rotatable bonds is 2. The summed E-state index contributed by atoms with van der Waals surface area (Å²) in [7, 11) is 0. The summed E-state index contributed by atoms with van der Waals surface area (Å²) in [5.74, 6) is 0.486. The van der Waals surface area contributed by atoms with Crippen LogP contribution in [0.1, 0.15) is 24.6 Å². The van der Waals surface area contributed by atoms with Gasteiger partial charge in [-0.15, -0.1) is 0 Å². The van der Waals surface area contributed by atoms with Gasteiger partial charge in [-0.25, -0.2) is 4.98 Å². The van der Waals surface area contributed by atoms with Crippen molar-refractivity contribution in [2.24, 2.45) is 0 Å². The van der Waals surface area contributed by atoms with Gasteiger partial charge in [0.15, 0.2) is 0 Å². The van der Waals surface area contributed by atoms with E-state index < -0.39 is 0 Å². The number of fused-ring (bicyclic) bond motifs is 1. The van der Waals surface area contributed by atoms with Gasteiger partial charge in [0, 0.05) is 19.3 Å². The molecule has 1 amide bonds. The summed E-state index contributed by atoms with van der Waals surface area (Å²) in [6, 6.07) is 2.10. The quantitative estimate of drug-likeness (QED) is 0.851. The molecule has 3 heterocycles. The highest BCUT2D eigenvalue weighted by Gasteiger charge is 2.26. The zero-order chi connectivity index (χ0) is 15.0. The van der Waals surface area contributed by atoms with Crippen molar-refractivity contribution in [2.45, 2.75) is 25.8 Å². The van der Waals surface area contributed by atoms with Crippen LogP contribution in [0.2, 0.25) is 0 Å². The van der Waals surface area contributed by atoms with Crippen LogP contribution >= 0.6 is 0 Å². The Kier molecular flexibility index (Phi) is 3.37. The Balaban J connectivity index is 1.99. The Morgan fingerprint density at radius 1 is 1.57 bits per heavy atom. The molecule has 0 aliphatic carbocycles. The van der Waals surface area contributed by atoms with E-state index in [9.17, 15) is 4.79 Å². The minimum Gasteiger partial charge on any atom is -0.383 e. The first-order chi connectivity index (χ1) is 10.1. The van der Waals surface area contributed by atoms with Crippen molar-refractivity contribution >= 4 is 22.6 Å². The smallest absolute Gasteiger partial charge is 0.246 e. The maximum absolute atomic E-state index is 11.8. The number of carbonyl (C=O) groups excluding carboxylic acids is 1. The standard InChI is InChI=1S/C15H19N5O/c1-3-13(21)19-8-4-5-11(9-19)20-12-6-7-17-15(16)14(12)10(2)18-20/h3,6-7,11H,1,4-5,8-9H2,2H3,(H2,16,17)/t11-/m1/s1. The number of aryl methyl sites for hydroxylation is 1. The fourth-order valence-electron chi connectivity index (χ4n) is 3.06. The molecular formula is C15H19N5O. The number of anilines is 1. The molecule has 0 spiro atoms. The number of carbonyl (C=O) groups is 1. The highest BCUT2D eigenvalue weighted by Crippen LogP contribution is 2.29. The number of hydrogen-bond donors (Lipinski definition) is 1. The van der Waals surface area contributed by atoms with Crippen LogP contribution in [-0.4, -0.2) is 38.7 Å². The molecule has 6 nitrogen and oxygen atoms in total. The molecule has 1 atom stereocenters. The Bertz CT molecular complexity index is 705. The Labute approximate surface area is 123 Å². The molecule has 110 valence electrons. The van der Waals surface area contributed by atoms with E-state index in [1.165, 1.54) is 6.08 Å². The molecule has 0 unspecified atom stereocenters. The van der Waals surface area contributed by atoms with Crippen molar-refractivity contribution in [3.63, 3.8) is 0 Å². The average Bonchev–Trinajstić information content (AvgIpc) is 2.85. The highest BCUT2D eigenvalue weighted by atomic mass is 16.2. The Morgan fingerprint density at radius 3 is 3.14 bits per heavy atom. The van der Waals surface area contributed by atoms with Crippen molar-refractivity contribution in [1.29, 1.82) is 0 Å². The number of aromatic nitrogens is 3. The summed E-state index contributed by atoms with van der Waals surface area (Å²) in [5, 5.41) is 5.53. The van der Waals surface area contributed by atoms with Crippen LogP contribution in [0.3, 0.4) is 0 Å². The van der Waals surface area contributed by atoms with E-state index in [-0.39, 0.29) is 11.9 Å². The van der Waals surface area contributed by atoms with Gasteiger partial charge in [-0.2, -0.15) is 5.10 Å². The monoisotopic (exact) mass is 285 g/mol. The zero-order valence-corrected chi connectivity index (χ0v) is 12.1. The molecule has 2 aromatic heterocycles. The maximum atomic E-state index is 11.8. The van der Waals surface area contributed by atoms with Gasteiger partial charge in [0.2, 0.25) is 5.91 Å². The van der Waals surface area contributed by atoms with Crippen LogP contribution in [0.4, 0.5) is 5.82 Å². The van der Waals surface area contributed by atoms with Gasteiger partial charge in [-0.3, -0.25) is 9.48 Å². The summed E-state index contributed by atoms with van der Waals surface area (Å²) >= 11 is 0. The number of hydrogen-bond acceptors (Lipinski definition) is 4. The van der Waals surface area contributed by atoms with Gasteiger partial charge in [-0.1, -0.05) is 6.58 Å². The first-order valence-electron chi connectivity index (χ1n) is 7.12. The van der Waals surface area contributed by atoms with Crippen LogP contribution in [0.5, 0.6) is 0 Å². The fourth-order valence-corrected chi connectivity index (χ4v) is 3.06. The first kappa shape index (κ1) is 13.6. The highest BCUT2D eigenvalue weighted by molar-refractivity contribution is 5.91. The van der Waals surface area contributed by atoms with Crippen LogP contribution in [0.15, 0.2) is 24.9 Å². The van der Waals surface area contributed by atoms with Gasteiger partial charge < -0.3 is 10.6 Å². The van der Waals surface area contributed by atoms with Gasteiger partial charge in [0.05, 0.1) is 22.6 Å². The van der Waals surface area contributed by atoms with E-state index in [1.807, 2.05) is 22.6 Å². The number of likely N-dealkylation sites (tertiary alicyclic amines) is 1. The van der Waals surface area contributed by atoms with Crippen molar-refractivity contribution in [3.05, 3.63) is 30.6 Å². The average molecular weight is 285 g/mol. The lowest BCUT2D eigenvalue weighted by atomic mass is 10.1. The van der Waals surface area contributed by atoms with E-state index in [0.29, 0.717) is 12.4 Å². The predicted molar refractivity (Wildman–Crippen MR) is 81.7 cm³/mol. The first-order valence-corrected chi connectivity index (χ1v) is 7.12. The third kappa shape index (κ3) is 2.26. The molecule has 0 bridgehead atoms. The number of nitrogen functional groups attached to an aromatic ring is 1. The second kappa shape index (κ2) is 5.20. The van der Waals surface area contributed by atoms with Crippen molar-refractivity contribution in [2.75, 3.05) is 18.8 Å². The molecule has 0 saturated carbocycles. The van der Waals surface area contributed by atoms with Crippen LogP contribution in [0.25, 0.3) is 10.9 Å². The van der Waals surface area contributed by atoms with E-state index in [0.717, 1.165) is 36.0 Å². The number of amides is 1. The van der Waals surface area contributed by atoms with Gasteiger partial charge in [0.25, 0.3) is 0 Å². The lowest BCUT2D eigenvalue weighted by Gasteiger charge is -2.32. The normalized spacial score (nSPS) is 18.9. The maximum Gasteiger partial charge on any atom is 0.246 e. The molecule has 2 aromatic rings. The molecular weight excluding hydrogens is 266 g/mol. The van der Waals surface area contributed by atoms with Crippen LogP contribution in [-0.2, 0) is 4.79 Å². The number of nitrogens with two attached hydrogens (primary N) is 1. The molecule has 0 aromatic carbocycles. The van der Waals surface area contributed by atoms with E-state index in [1.54, 1.807) is 6.20 Å². The molecule has 6 heteroatoms. The van der Waals surface area contributed by atoms with E-state index in [2.05, 4.69) is 16.7 Å². The Hall–Kier alpha value is -2.37. The summed E-state index contributed by atoms with van der Waals surface area (Å²) in [6.45, 7) is 6.93. The van der Waals surface area contributed by atoms with Crippen LogP contribution < -0.4 is 5.73 Å². The lowest BCUT2D eigenvalue weighted by Crippen LogP contribution is -2.40. The summed E-state index contributed by atoms with van der Waals surface area (Å²) in [5.41, 5.74) is 7.82. The minimum absolute atomic E-state index is 0.0194. The zero-order valence-electron chi connectivity index (χ0n) is 12.1. The molecule has 0 radical (unpaired) electrons. The third-order valence-electron chi connectivity index (χ3n) is 4.05. The molecule has 2 N–H and O–H groups in total.